The topological polar surface area (TPSA) is 95.9 Å². The van der Waals surface area contributed by atoms with Crippen LogP contribution in [-0.4, -0.2) is 47.4 Å². The van der Waals surface area contributed by atoms with Crippen molar-refractivity contribution in [2.24, 2.45) is 0 Å². The van der Waals surface area contributed by atoms with Crippen molar-refractivity contribution in [2.75, 3.05) is 13.2 Å². The molecule has 2 unspecified atom stereocenters. The minimum atomic E-state index is -0.661. The average Bonchev–Trinajstić information content (AvgIpc) is 3.47. The number of ether oxygens (including phenoxy) is 1. The first-order valence-corrected chi connectivity index (χ1v) is 37.1. The van der Waals surface area contributed by atoms with Crippen molar-refractivity contribution in [3.05, 3.63) is 24.3 Å². The molecule has 3 N–H and O–H groups in total. The molecule has 0 aromatic heterocycles. The van der Waals surface area contributed by atoms with Gasteiger partial charge >= 0.3 is 5.97 Å². The van der Waals surface area contributed by atoms with Crippen LogP contribution < -0.4 is 5.32 Å². The summed E-state index contributed by atoms with van der Waals surface area (Å²) in [5.41, 5.74) is 0. The Labute approximate surface area is 507 Å². The van der Waals surface area contributed by atoms with Crippen molar-refractivity contribution in [1.29, 1.82) is 0 Å². The Bertz CT molecular complexity index is 1270. The lowest BCUT2D eigenvalue weighted by atomic mass is 10.0. The summed E-state index contributed by atoms with van der Waals surface area (Å²) in [5.74, 6) is -0.0159. The van der Waals surface area contributed by atoms with Crippen LogP contribution in [0.4, 0.5) is 0 Å². The van der Waals surface area contributed by atoms with Crippen LogP contribution in [0, 0.1) is 0 Å². The third-order valence-corrected chi connectivity index (χ3v) is 17.5. The second kappa shape index (κ2) is 70.8. The number of aliphatic hydroxyl groups is 2. The lowest BCUT2D eigenvalue weighted by molar-refractivity contribution is -0.143. The summed E-state index contributed by atoms with van der Waals surface area (Å²) >= 11 is 0. The molecule has 2 atom stereocenters. The van der Waals surface area contributed by atoms with Gasteiger partial charge in [-0.3, -0.25) is 9.59 Å². The van der Waals surface area contributed by atoms with Crippen LogP contribution >= 0.6 is 0 Å². The van der Waals surface area contributed by atoms with Gasteiger partial charge in [0.1, 0.15) is 0 Å². The molecular weight excluding hydrogens is 995 g/mol. The van der Waals surface area contributed by atoms with Gasteiger partial charge in [-0.25, -0.2) is 0 Å². The molecule has 0 saturated carbocycles. The molecule has 81 heavy (non-hydrogen) atoms. The number of hydrogen-bond donors (Lipinski definition) is 3. The Morgan fingerprint density at radius 2 is 0.580 bits per heavy atom. The third-order valence-electron chi connectivity index (χ3n) is 17.5. The molecule has 6 nitrogen and oxygen atoms in total. The Morgan fingerprint density at radius 1 is 0.333 bits per heavy atom. The maximum absolute atomic E-state index is 12.5. The fourth-order valence-electron chi connectivity index (χ4n) is 11.8. The highest BCUT2D eigenvalue weighted by atomic mass is 16.5. The van der Waals surface area contributed by atoms with Gasteiger partial charge in [-0.1, -0.05) is 353 Å². The number of esters is 1. The van der Waals surface area contributed by atoms with Gasteiger partial charge in [-0.05, 0) is 77.0 Å². The summed E-state index contributed by atoms with van der Waals surface area (Å²) in [6.07, 6.45) is 89.7. The summed E-state index contributed by atoms with van der Waals surface area (Å²) in [7, 11) is 0. The van der Waals surface area contributed by atoms with Crippen LogP contribution in [-0.2, 0) is 14.3 Å². The van der Waals surface area contributed by atoms with E-state index < -0.39 is 12.1 Å². The first kappa shape index (κ1) is 79.3. The van der Waals surface area contributed by atoms with Gasteiger partial charge in [0.05, 0.1) is 25.4 Å². The molecule has 0 aromatic rings. The number of carbonyl (C=O) groups is 2. The van der Waals surface area contributed by atoms with Crippen LogP contribution in [0.5, 0.6) is 0 Å². The molecule has 0 aliphatic rings. The zero-order valence-electron chi connectivity index (χ0n) is 55.0. The highest BCUT2D eigenvalue weighted by Gasteiger charge is 2.20. The molecule has 480 valence electrons. The molecule has 0 heterocycles. The second-order valence-electron chi connectivity index (χ2n) is 25.6. The molecule has 1 amide bonds. The van der Waals surface area contributed by atoms with Crippen molar-refractivity contribution in [3.63, 3.8) is 0 Å². The zero-order valence-corrected chi connectivity index (χ0v) is 55.0. The summed E-state index contributed by atoms with van der Waals surface area (Å²) < 4.78 is 5.48. The van der Waals surface area contributed by atoms with Crippen LogP contribution in [0.15, 0.2) is 24.3 Å². The first-order valence-electron chi connectivity index (χ1n) is 37.1. The maximum atomic E-state index is 12.5. The molecule has 0 aromatic carbocycles. The lowest BCUT2D eigenvalue weighted by Gasteiger charge is -2.22. The molecular formula is C75H145NO5. The summed E-state index contributed by atoms with van der Waals surface area (Å²) in [4.78, 5) is 24.5. The summed E-state index contributed by atoms with van der Waals surface area (Å²) in [5, 5.41) is 23.3. The number of rotatable bonds is 70. The van der Waals surface area contributed by atoms with Crippen LogP contribution in [0.1, 0.15) is 418 Å². The molecule has 0 rings (SSSR count). The van der Waals surface area contributed by atoms with E-state index in [9.17, 15) is 19.8 Å². The highest BCUT2D eigenvalue weighted by molar-refractivity contribution is 5.76. The number of unbranched alkanes of at least 4 members (excludes halogenated alkanes) is 55. The lowest BCUT2D eigenvalue weighted by Crippen LogP contribution is -2.45. The average molecular weight is 1140 g/mol. The number of carbonyl (C=O) groups excluding carboxylic acids is 2. The van der Waals surface area contributed by atoms with Crippen molar-refractivity contribution >= 4 is 11.9 Å². The van der Waals surface area contributed by atoms with E-state index in [2.05, 4.69) is 43.5 Å². The highest BCUT2D eigenvalue weighted by Crippen LogP contribution is 2.19. The molecule has 0 spiro atoms. The van der Waals surface area contributed by atoms with Gasteiger partial charge in [-0.2, -0.15) is 0 Å². The minimum Gasteiger partial charge on any atom is -0.466 e. The van der Waals surface area contributed by atoms with Crippen molar-refractivity contribution in [2.45, 2.75) is 431 Å². The van der Waals surface area contributed by atoms with Crippen LogP contribution in [0.2, 0.25) is 0 Å². The Morgan fingerprint density at radius 3 is 0.901 bits per heavy atom. The van der Waals surface area contributed by atoms with E-state index in [-0.39, 0.29) is 18.5 Å². The van der Waals surface area contributed by atoms with Crippen LogP contribution in [0.3, 0.4) is 0 Å². The van der Waals surface area contributed by atoms with Gasteiger partial charge in [0, 0.05) is 12.8 Å². The van der Waals surface area contributed by atoms with E-state index in [0.717, 1.165) is 44.9 Å². The van der Waals surface area contributed by atoms with E-state index >= 15 is 0 Å². The maximum Gasteiger partial charge on any atom is 0.305 e. The monoisotopic (exact) mass is 1140 g/mol. The fraction of sp³-hybridized carbons (Fsp3) is 0.920. The standard InChI is InChI=1S/C75H145NO5/c1-3-5-7-9-11-13-15-17-41-44-47-51-55-59-63-67-73(78)72(71-77)76-74(79)68-64-60-56-52-48-45-42-39-37-35-33-31-29-27-25-23-21-19-18-20-22-24-26-28-30-32-34-36-38-40-43-46-50-54-58-62-66-70-81-75(80)69-65-61-57-53-49-16-14-12-10-8-6-4-2/h12,14,18,20,72-73,77-78H,3-11,13,15-17,19,21-71H2,1-2H3,(H,76,79)/b14-12-,20-18-. The molecule has 0 fully saturated rings. The molecule has 0 radical (unpaired) electrons. The van der Waals surface area contributed by atoms with Crippen molar-refractivity contribution < 1.29 is 24.5 Å². The zero-order chi connectivity index (χ0) is 58.5. The predicted molar refractivity (Wildman–Crippen MR) is 356 cm³/mol. The molecule has 0 bridgehead atoms. The number of nitrogens with one attached hydrogen (secondary N) is 1. The second-order valence-corrected chi connectivity index (χ2v) is 25.6. The smallest absolute Gasteiger partial charge is 0.305 e. The molecule has 6 heteroatoms. The van der Waals surface area contributed by atoms with E-state index in [1.54, 1.807) is 0 Å². The predicted octanol–water partition coefficient (Wildman–Crippen LogP) is 24.1. The number of amides is 1. The fourth-order valence-corrected chi connectivity index (χ4v) is 11.8. The van der Waals surface area contributed by atoms with E-state index in [0.29, 0.717) is 25.9 Å². The molecule has 0 aliphatic carbocycles. The largest absolute Gasteiger partial charge is 0.466 e. The van der Waals surface area contributed by atoms with Crippen molar-refractivity contribution in [3.8, 4) is 0 Å². The SMILES string of the molecule is CCCCC/C=C\CCCCCCCC(=O)OCCCCCCCCCCCCCCCCCC/C=C\CCCCCCCCCCCCCCCCCCCC(=O)NC(CO)C(O)CCCCCCCCCCCCCCCCC. The van der Waals surface area contributed by atoms with E-state index in [4.69, 9.17) is 4.74 Å². The number of aliphatic hydroxyl groups excluding tert-OH is 2. The van der Waals surface area contributed by atoms with Crippen molar-refractivity contribution in [1.82, 2.24) is 5.32 Å². The normalized spacial score (nSPS) is 12.6. The molecule has 0 aliphatic heterocycles. The third kappa shape index (κ3) is 67.3. The molecule has 0 saturated heterocycles. The Balaban J connectivity index is 3.32. The summed E-state index contributed by atoms with van der Waals surface area (Å²) in [6.45, 7) is 4.96. The van der Waals surface area contributed by atoms with E-state index in [1.807, 2.05) is 0 Å². The van der Waals surface area contributed by atoms with Gasteiger partial charge in [0.2, 0.25) is 5.91 Å². The number of allylic oxidation sites excluding steroid dienone is 4. The Hall–Kier alpha value is -1.66. The van der Waals surface area contributed by atoms with Gasteiger partial charge in [0.25, 0.3) is 0 Å². The van der Waals surface area contributed by atoms with Gasteiger partial charge in [-0.15, -0.1) is 0 Å². The minimum absolute atomic E-state index is 0.0118. The first-order chi connectivity index (χ1) is 40.0. The van der Waals surface area contributed by atoms with E-state index in [1.165, 1.54) is 340 Å². The quantitative estimate of drug-likeness (QED) is 0.0320. The van der Waals surface area contributed by atoms with Gasteiger partial charge in [0.15, 0.2) is 0 Å². The van der Waals surface area contributed by atoms with Gasteiger partial charge < -0.3 is 20.3 Å². The number of hydrogen-bond acceptors (Lipinski definition) is 5. The Kier molecular flexibility index (Phi) is 69.4. The van der Waals surface area contributed by atoms with Crippen LogP contribution in [0.25, 0.3) is 0 Å². The summed E-state index contributed by atoms with van der Waals surface area (Å²) in [6, 6.07) is -0.538.